The molecule has 0 saturated heterocycles. The lowest BCUT2D eigenvalue weighted by Crippen LogP contribution is -2.39. The maximum Gasteiger partial charge on any atom is 0.254 e. The molecule has 0 bridgehead atoms. The SMILES string of the molecule is CCn1cc2c(n1)[C@H](COC)CN(C(=O)c1ccnc(F)c1)C2. The maximum absolute atomic E-state index is 13.3. The molecule has 0 unspecified atom stereocenters. The molecule has 2 aromatic rings. The first-order valence-electron chi connectivity index (χ1n) is 7.58. The molecular formula is C16H19FN4O2. The van der Waals surface area contributed by atoms with Gasteiger partial charge in [0.05, 0.1) is 12.3 Å². The Labute approximate surface area is 133 Å². The van der Waals surface area contributed by atoms with Gasteiger partial charge in [-0.1, -0.05) is 0 Å². The lowest BCUT2D eigenvalue weighted by molar-refractivity contribution is 0.0678. The lowest BCUT2D eigenvalue weighted by atomic mass is 9.96. The minimum absolute atomic E-state index is 0.0205. The second-order valence-electron chi connectivity index (χ2n) is 5.60. The second kappa shape index (κ2) is 6.45. The fourth-order valence-corrected chi connectivity index (χ4v) is 2.93. The summed E-state index contributed by atoms with van der Waals surface area (Å²) in [7, 11) is 1.63. The molecule has 1 amide bonds. The third-order valence-electron chi connectivity index (χ3n) is 4.01. The van der Waals surface area contributed by atoms with Gasteiger partial charge >= 0.3 is 0 Å². The molecule has 0 radical (unpaired) electrons. The molecule has 122 valence electrons. The van der Waals surface area contributed by atoms with Crippen molar-refractivity contribution in [3.05, 3.63) is 47.3 Å². The Kier molecular flexibility index (Phi) is 4.38. The van der Waals surface area contributed by atoms with E-state index in [0.717, 1.165) is 17.8 Å². The molecule has 0 saturated carbocycles. The quantitative estimate of drug-likeness (QED) is 0.807. The molecule has 0 aromatic carbocycles. The first-order chi connectivity index (χ1) is 11.1. The molecule has 0 aliphatic carbocycles. The summed E-state index contributed by atoms with van der Waals surface area (Å²) < 4.78 is 20.4. The molecule has 0 spiro atoms. The number of ether oxygens (including phenoxy) is 1. The molecular weight excluding hydrogens is 299 g/mol. The van der Waals surface area contributed by atoms with Crippen LogP contribution in [0.2, 0.25) is 0 Å². The summed E-state index contributed by atoms with van der Waals surface area (Å²) in [5.41, 5.74) is 2.31. The van der Waals surface area contributed by atoms with E-state index < -0.39 is 5.95 Å². The maximum atomic E-state index is 13.3. The lowest BCUT2D eigenvalue weighted by Gasteiger charge is -2.31. The highest BCUT2D eigenvalue weighted by molar-refractivity contribution is 5.94. The van der Waals surface area contributed by atoms with Crippen molar-refractivity contribution in [2.75, 3.05) is 20.3 Å². The molecule has 7 heteroatoms. The van der Waals surface area contributed by atoms with Crippen LogP contribution in [-0.2, 0) is 17.8 Å². The molecule has 0 fully saturated rings. The summed E-state index contributed by atoms with van der Waals surface area (Å²) in [5.74, 6) is -0.838. The van der Waals surface area contributed by atoms with E-state index in [9.17, 15) is 9.18 Å². The molecule has 1 aliphatic heterocycles. The van der Waals surface area contributed by atoms with Gasteiger partial charge in [0.1, 0.15) is 0 Å². The van der Waals surface area contributed by atoms with Gasteiger partial charge in [-0.25, -0.2) is 4.98 Å². The van der Waals surface area contributed by atoms with Crippen LogP contribution in [0, 0.1) is 5.95 Å². The number of rotatable bonds is 4. The predicted molar refractivity (Wildman–Crippen MR) is 81.5 cm³/mol. The standard InChI is InChI=1S/C16H19FN4O2/c1-3-21-9-12-7-20(8-13(10-23-2)15(12)19-21)16(22)11-4-5-18-14(17)6-11/h4-6,9,13H,3,7-8,10H2,1-2H3/t13-/m0/s1. The van der Waals surface area contributed by atoms with Crippen molar-refractivity contribution in [2.45, 2.75) is 25.9 Å². The van der Waals surface area contributed by atoms with Gasteiger partial charge in [0.2, 0.25) is 5.95 Å². The van der Waals surface area contributed by atoms with Crippen LogP contribution in [0.1, 0.15) is 34.5 Å². The molecule has 23 heavy (non-hydrogen) atoms. The van der Waals surface area contributed by atoms with Gasteiger partial charge in [0, 0.05) is 62.2 Å². The number of carbonyl (C=O) groups excluding carboxylic acids is 1. The number of carbonyl (C=O) groups is 1. The number of nitrogens with zero attached hydrogens (tertiary/aromatic N) is 4. The zero-order chi connectivity index (χ0) is 16.4. The number of methoxy groups -OCH3 is 1. The summed E-state index contributed by atoms with van der Waals surface area (Å²) in [5, 5.41) is 4.58. The fourth-order valence-electron chi connectivity index (χ4n) is 2.93. The minimum Gasteiger partial charge on any atom is -0.384 e. The van der Waals surface area contributed by atoms with Gasteiger partial charge in [-0.05, 0) is 13.0 Å². The van der Waals surface area contributed by atoms with Crippen LogP contribution in [0.3, 0.4) is 0 Å². The van der Waals surface area contributed by atoms with Gasteiger partial charge in [-0.15, -0.1) is 0 Å². The van der Waals surface area contributed by atoms with Crippen molar-refractivity contribution >= 4 is 5.91 Å². The van der Waals surface area contributed by atoms with Crippen LogP contribution in [0.25, 0.3) is 0 Å². The summed E-state index contributed by atoms with van der Waals surface area (Å²) in [6.07, 6.45) is 3.27. The zero-order valence-corrected chi connectivity index (χ0v) is 13.2. The van der Waals surface area contributed by atoms with Gasteiger partial charge in [-0.2, -0.15) is 9.49 Å². The normalized spacial score (nSPS) is 17.2. The second-order valence-corrected chi connectivity index (χ2v) is 5.60. The van der Waals surface area contributed by atoms with E-state index in [-0.39, 0.29) is 11.8 Å². The Bertz CT molecular complexity index is 716. The van der Waals surface area contributed by atoms with E-state index in [1.54, 1.807) is 12.0 Å². The minimum atomic E-state index is -0.652. The predicted octanol–water partition coefficient (Wildman–Crippen LogP) is 1.82. The number of fused-ring (bicyclic) bond motifs is 1. The smallest absolute Gasteiger partial charge is 0.254 e. The molecule has 1 atom stereocenters. The summed E-state index contributed by atoms with van der Waals surface area (Å²) in [6, 6.07) is 2.69. The first-order valence-corrected chi connectivity index (χ1v) is 7.58. The zero-order valence-electron chi connectivity index (χ0n) is 13.2. The third-order valence-corrected chi connectivity index (χ3v) is 4.01. The Hall–Kier alpha value is -2.28. The number of amides is 1. The highest BCUT2D eigenvalue weighted by Gasteiger charge is 2.31. The largest absolute Gasteiger partial charge is 0.384 e. The van der Waals surface area contributed by atoms with Crippen molar-refractivity contribution in [1.82, 2.24) is 19.7 Å². The van der Waals surface area contributed by atoms with Gasteiger partial charge in [0.15, 0.2) is 0 Å². The molecule has 0 N–H and O–H groups in total. The molecule has 6 nitrogen and oxygen atoms in total. The average Bonchev–Trinajstić information content (AvgIpc) is 2.98. The molecule has 3 heterocycles. The summed E-state index contributed by atoms with van der Waals surface area (Å²) in [6.45, 7) is 4.26. The number of aryl methyl sites for hydroxylation is 1. The van der Waals surface area contributed by atoms with E-state index in [0.29, 0.717) is 25.3 Å². The van der Waals surface area contributed by atoms with Gasteiger partial charge in [0.25, 0.3) is 5.91 Å². The third kappa shape index (κ3) is 3.10. The van der Waals surface area contributed by atoms with Crippen molar-refractivity contribution in [3.63, 3.8) is 0 Å². The van der Waals surface area contributed by atoms with E-state index in [1.165, 1.54) is 18.3 Å². The number of hydrogen-bond donors (Lipinski definition) is 0. The van der Waals surface area contributed by atoms with Crippen LogP contribution in [0.5, 0.6) is 0 Å². The van der Waals surface area contributed by atoms with Crippen LogP contribution in [0.15, 0.2) is 24.5 Å². The highest BCUT2D eigenvalue weighted by Crippen LogP contribution is 2.28. The Morgan fingerprint density at radius 2 is 2.35 bits per heavy atom. The number of halogens is 1. The van der Waals surface area contributed by atoms with Crippen molar-refractivity contribution in [1.29, 1.82) is 0 Å². The summed E-state index contributed by atoms with van der Waals surface area (Å²) in [4.78, 5) is 17.9. The van der Waals surface area contributed by atoms with E-state index >= 15 is 0 Å². The highest BCUT2D eigenvalue weighted by atomic mass is 19.1. The Balaban J connectivity index is 1.88. The first kappa shape index (κ1) is 15.6. The van der Waals surface area contributed by atoms with E-state index in [2.05, 4.69) is 10.1 Å². The molecule has 2 aromatic heterocycles. The van der Waals surface area contributed by atoms with Gasteiger partial charge < -0.3 is 9.64 Å². The van der Waals surface area contributed by atoms with Crippen LogP contribution >= 0.6 is 0 Å². The topological polar surface area (TPSA) is 60.2 Å². The molecule has 3 rings (SSSR count). The van der Waals surface area contributed by atoms with E-state index in [4.69, 9.17) is 4.74 Å². The van der Waals surface area contributed by atoms with Crippen LogP contribution in [0.4, 0.5) is 4.39 Å². The van der Waals surface area contributed by atoms with Crippen molar-refractivity contribution < 1.29 is 13.9 Å². The van der Waals surface area contributed by atoms with E-state index in [1.807, 2.05) is 17.8 Å². The number of pyridine rings is 1. The van der Waals surface area contributed by atoms with Crippen LogP contribution in [-0.4, -0.2) is 45.8 Å². The molecule has 1 aliphatic rings. The summed E-state index contributed by atoms with van der Waals surface area (Å²) >= 11 is 0. The van der Waals surface area contributed by atoms with Crippen molar-refractivity contribution in [3.8, 4) is 0 Å². The number of hydrogen-bond acceptors (Lipinski definition) is 4. The Morgan fingerprint density at radius 1 is 1.52 bits per heavy atom. The monoisotopic (exact) mass is 318 g/mol. The Morgan fingerprint density at radius 3 is 3.04 bits per heavy atom. The fraction of sp³-hybridized carbons (Fsp3) is 0.438. The van der Waals surface area contributed by atoms with Crippen LogP contribution < -0.4 is 0 Å². The van der Waals surface area contributed by atoms with Crippen molar-refractivity contribution in [2.24, 2.45) is 0 Å². The van der Waals surface area contributed by atoms with Gasteiger partial charge in [-0.3, -0.25) is 9.48 Å². The number of aromatic nitrogens is 3. The average molecular weight is 318 g/mol.